The van der Waals surface area contributed by atoms with Crippen LogP contribution in [0.5, 0.6) is 0 Å². The summed E-state index contributed by atoms with van der Waals surface area (Å²) in [5.41, 5.74) is 4.73. The van der Waals surface area contributed by atoms with Crippen LogP contribution in [0.4, 0.5) is 11.5 Å². The van der Waals surface area contributed by atoms with Crippen molar-refractivity contribution in [2.75, 3.05) is 37.6 Å². The summed E-state index contributed by atoms with van der Waals surface area (Å²) < 4.78 is 2.27. The Morgan fingerprint density at radius 2 is 1.97 bits per heavy atom. The Hall–Kier alpha value is -3.51. The van der Waals surface area contributed by atoms with Crippen LogP contribution in [0.3, 0.4) is 0 Å². The number of nitro benzene ring substituents is 1. The van der Waals surface area contributed by atoms with Gasteiger partial charge in [-0.05, 0) is 31.2 Å². The molecule has 0 bridgehead atoms. The van der Waals surface area contributed by atoms with Crippen LogP contribution in [0.1, 0.15) is 29.7 Å². The predicted molar refractivity (Wildman–Crippen MR) is 121 cm³/mol. The minimum Gasteiger partial charge on any atom is -0.352 e. The van der Waals surface area contributed by atoms with Gasteiger partial charge in [0.05, 0.1) is 10.5 Å². The normalized spacial score (nSPS) is 16.7. The molecule has 32 heavy (non-hydrogen) atoms. The lowest BCUT2D eigenvalue weighted by Gasteiger charge is -2.35. The molecule has 0 atom stereocenters. The molecular formula is C23H25N7O2. The maximum atomic E-state index is 11.0. The van der Waals surface area contributed by atoms with Crippen molar-refractivity contribution in [1.29, 1.82) is 5.26 Å². The van der Waals surface area contributed by atoms with Crippen molar-refractivity contribution < 1.29 is 4.92 Å². The minimum absolute atomic E-state index is 0.146. The molecule has 164 valence electrons. The standard InChI is InChI=1S/C23H25N7O2/c24-15-19-20-6-1-2-8-29(20)22-21(19)25-16-26-23(22)28-12-10-27(11-13-28)9-7-17-4-3-5-18(14-17)30(31)32/h3-5,14,16H,1-2,6-13H2. The number of nitrogens with zero attached hydrogens (tertiary/aromatic N) is 7. The second-order valence-corrected chi connectivity index (χ2v) is 8.44. The lowest BCUT2D eigenvalue weighted by atomic mass is 10.1. The van der Waals surface area contributed by atoms with Gasteiger partial charge in [-0.3, -0.25) is 15.0 Å². The summed E-state index contributed by atoms with van der Waals surface area (Å²) in [7, 11) is 0. The van der Waals surface area contributed by atoms with E-state index < -0.39 is 0 Å². The molecule has 1 aromatic carbocycles. The topological polar surface area (TPSA) is 104 Å². The third-order valence-electron chi connectivity index (χ3n) is 6.59. The van der Waals surface area contributed by atoms with Crippen molar-refractivity contribution in [3.05, 3.63) is 57.5 Å². The number of anilines is 1. The smallest absolute Gasteiger partial charge is 0.269 e. The molecule has 9 heteroatoms. The summed E-state index contributed by atoms with van der Waals surface area (Å²) in [6, 6.07) is 9.27. The van der Waals surface area contributed by atoms with Crippen molar-refractivity contribution in [2.45, 2.75) is 32.2 Å². The first-order valence-corrected chi connectivity index (χ1v) is 11.1. The number of hydrogen-bond acceptors (Lipinski definition) is 7. The molecule has 5 rings (SSSR count). The predicted octanol–water partition coefficient (Wildman–Crippen LogP) is 2.91. The zero-order valence-corrected chi connectivity index (χ0v) is 17.9. The van der Waals surface area contributed by atoms with Crippen LogP contribution in [-0.2, 0) is 19.4 Å². The number of hydrogen-bond donors (Lipinski definition) is 0. The lowest BCUT2D eigenvalue weighted by Crippen LogP contribution is -2.47. The van der Waals surface area contributed by atoms with Crippen molar-refractivity contribution in [3.63, 3.8) is 0 Å². The van der Waals surface area contributed by atoms with Gasteiger partial charge in [-0.15, -0.1) is 0 Å². The van der Waals surface area contributed by atoms with Crippen LogP contribution in [0.25, 0.3) is 11.0 Å². The summed E-state index contributed by atoms with van der Waals surface area (Å²) in [6.45, 7) is 5.29. The van der Waals surface area contributed by atoms with Gasteiger partial charge in [-0.1, -0.05) is 12.1 Å². The van der Waals surface area contributed by atoms with E-state index in [-0.39, 0.29) is 10.6 Å². The highest BCUT2D eigenvalue weighted by Gasteiger charge is 2.27. The first kappa shape index (κ1) is 20.4. The van der Waals surface area contributed by atoms with Gasteiger partial charge in [0, 0.05) is 57.1 Å². The van der Waals surface area contributed by atoms with Gasteiger partial charge < -0.3 is 9.47 Å². The highest BCUT2D eigenvalue weighted by Crippen LogP contribution is 2.34. The Morgan fingerprint density at radius 3 is 2.75 bits per heavy atom. The number of nitriles is 1. The van der Waals surface area contributed by atoms with Crippen LogP contribution in [0.15, 0.2) is 30.6 Å². The maximum Gasteiger partial charge on any atom is 0.269 e. The Labute approximate surface area is 186 Å². The first-order chi connectivity index (χ1) is 15.7. The summed E-state index contributed by atoms with van der Waals surface area (Å²) in [5.74, 6) is 0.929. The molecule has 0 saturated carbocycles. The van der Waals surface area contributed by atoms with Gasteiger partial charge in [0.1, 0.15) is 23.4 Å². The van der Waals surface area contributed by atoms with E-state index in [9.17, 15) is 15.4 Å². The average Bonchev–Trinajstić information content (AvgIpc) is 3.17. The number of aryl methyl sites for hydroxylation is 1. The van der Waals surface area contributed by atoms with E-state index in [2.05, 4.69) is 30.4 Å². The molecule has 0 N–H and O–H groups in total. The summed E-state index contributed by atoms with van der Waals surface area (Å²) in [6.07, 6.45) is 5.51. The maximum absolute atomic E-state index is 11.0. The van der Waals surface area contributed by atoms with Crippen molar-refractivity contribution in [1.82, 2.24) is 19.4 Å². The largest absolute Gasteiger partial charge is 0.352 e. The molecule has 1 saturated heterocycles. The highest BCUT2D eigenvalue weighted by molar-refractivity contribution is 5.92. The van der Waals surface area contributed by atoms with Gasteiger partial charge in [0.25, 0.3) is 5.69 Å². The molecule has 2 aromatic heterocycles. The number of nitro groups is 1. The van der Waals surface area contributed by atoms with Gasteiger partial charge in [-0.2, -0.15) is 5.26 Å². The van der Waals surface area contributed by atoms with E-state index in [1.165, 1.54) is 6.07 Å². The van der Waals surface area contributed by atoms with Gasteiger partial charge in [-0.25, -0.2) is 9.97 Å². The fraction of sp³-hybridized carbons (Fsp3) is 0.435. The second-order valence-electron chi connectivity index (χ2n) is 8.44. The molecule has 4 heterocycles. The zero-order valence-electron chi connectivity index (χ0n) is 17.9. The second kappa shape index (κ2) is 8.55. The Bertz CT molecular complexity index is 1210. The van der Waals surface area contributed by atoms with Crippen molar-refractivity contribution in [3.8, 4) is 6.07 Å². The monoisotopic (exact) mass is 431 g/mol. The Balaban J connectivity index is 1.30. The Kier molecular flexibility index (Phi) is 5.45. The van der Waals surface area contributed by atoms with Crippen molar-refractivity contribution >= 4 is 22.5 Å². The van der Waals surface area contributed by atoms with Crippen LogP contribution in [0, 0.1) is 21.4 Å². The fourth-order valence-electron chi connectivity index (χ4n) is 4.92. The average molecular weight is 432 g/mol. The van der Waals surface area contributed by atoms with Gasteiger partial charge in [0.15, 0.2) is 5.82 Å². The lowest BCUT2D eigenvalue weighted by molar-refractivity contribution is -0.384. The molecule has 0 spiro atoms. The van der Waals surface area contributed by atoms with Crippen LogP contribution in [0.2, 0.25) is 0 Å². The molecule has 0 amide bonds. The third kappa shape index (κ3) is 3.67. The number of aromatic nitrogens is 3. The van der Waals surface area contributed by atoms with E-state index >= 15 is 0 Å². The van der Waals surface area contributed by atoms with Crippen LogP contribution < -0.4 is 4.90 Å². The molecule has 2 aliphatic heterocycles. The summed E-state index contributed by atoms with van der Waals surface area (Å²) >= 11 is 0. The first-order valence-electron chi connectivity index (χ1n) is 11.1. The molecule has 9 nitrogen and oxygen atoms in total. The molecule has 2 aliphatic rings. The van der Waals surface area contributed by atoms with E-state index in [1.54, 1.807) is 18.5 Å². The third-order valence-corrected chi connectivity index (χ3v) is 6.59. The molecule has 0 aliphatic carbocycles. The zero-order chi connectivity index (χ0) is 22.1. The number of rotatable bonds is 5. The SMILES string of the molecule is N#Cc1c2n(c3c(N4CCN(CCc5cccc([N+](=O)[O-])c5)CC4)ncnc13)CCCC2. The van der Waals surface area contributed by atoms with E-state index in [1.807, 2.05) is 6.07 Å². The summed E-state index contributed by atoms with van der Waals surface area (Å²) in [5, 5.41) is 20.7. The van der Waals surface area contributed by atoms with Crippen LogP contribution >= 0.6 is 0 Å². The Morgan fingerprint density at radius 1 is 1.12 bits per heavy atom. The molecule has 0 unspecified atom stereocenters. The quantitative estimate of drug-likeness (QED) is 0.452. The number of piperazine rings is 1. The van der Waals surface area contributed by atoms with E-state index in [0.29, 0.717) is 5.56 Å². The van der Waals surface area contributed by atoms with Gasteiger partial charge >= 0.3 is 0 Å². The minimum atomic E-state index is -0.344. The van der Waals surface area contributed by atoms with Crippen LogP contribution in [-0.4, -0.2) is 57.1 Å². The van der Waals surface area contributed by atoms with Crippen molar-refractivity contribution in [2.24, 2.45) is 0 Å². The number of fused-ring (bicyclic) bond motifs is 3. The van der Waals surface area contributed by atoms with Gasteiger partial charge in [0.2, 0.25) is 0 Å². The number of benzene rings is 1. The molecule has 1 fully saturated rings. The molecule has 0 radical (unpaired) electrons. The van der Waals surface area contributed by atoms with E-state index in [0.717, 1.165) is 93.1 Å². The molecule has 3 aromatic rings. The molecular weight excluding hydrogens is 406 g/mol. The fourth-order valence-corrected chi connectivity index (χ4v) is 4.92. The summed E-state index contributed by atoms with van der Waals surface area (Å²) in [4.78, 5) is 24.4. The number of non-ortho nitro benzene ring substituents is 1. The highest BCUT2D eigenvalue weighted by atomic mass is 16.6. The van der Waals surface area contributed by atoms with E-state index in [4.69, 9.17) is 0 Å².